The van der Waals surface area contributed by atoms with Crippen molar-refractivity contribution in [2.75, 3.05) is 0 Å². The first-order valence-corrected chi connectivity index (χ1v) is 15.4. The summed E-state index contributed by atoms with van der Waals surface area (Å²) in [4.78, 5) is 11.2. The number of carboxylic acid groups (broad SMARTS) is 1. The summed E-state index contributed by atoms with van der Waals surface area (Å²) in [6.07, 6.45) is 1.93. The van der Waals surface area contributed by atoms with Crippen LogP contribution in [0.2, 0.25) is 18.1 Å². The summed E-state index contributed by atoms with van der Waals surface area (Å²) in [7, 11) is -1.92. The highest BCUT2D eigenvalue weighted by Crippen LogP contribution is 2.43. The summed E-state index contributed by atoms with van der Waals surface area (Å²) in [5.41, 5.74) is 5.57. The summed E-state index contributed by atoms with van der Waals surface area (Å²) in [5.74, 6) is 0.460. The van der Waals surface area contributed by atoms with Crippen LogP contribution in [0.3, 0.4) is 0 Å². The lowest BCUT2D eigenvalue weighted by atomic mass is 9.70. The van der Waals surface area contributed by atoms with E-state index in [0.717, 1.165) is 29.7 Å². The third kappa shape index (κ3) is 5.11. The maximum atomic E-state index is 11.2. The lowest BCUT2D eigenvalue weighted by Gasteiger charge is -2.38. The first kappa shape index (κ1) is 26.8. The van der Waals surface area contributed by atoms with Gasteiger partial charge in [0.1, 0.15) is 11.5 Å². The molecule has 0 aliphatic carbocycles. The lowest BCUT2D eigenvalue weighted by molar-refractivity contribution is 0.0663. The summed E-state index contributed by atoms with van der Waals surface area (Å²) in [6.45, 7) is 20.0. The van der Waals surface area contributed by atoms with Crippen molar-refractivity contribution in [3.63, 3.8) is 0 Å². The van der Waals surface area contributed by atoms with E-state index in [1.54, 1.807) is 6.07 Å². The molecule has 0 saturated heterocycles. The number of carboxylic acids is 1. The molecule has 0 aliphatic heterocycles. The number of furan rings is 1. The van der Waals surface area contributed by atoms with Crippen molar-refractivity contribution in [2.24, 2.45) is 0 Å². The van der Waals surface area contributed by atoms with Crippen LogP contribution in [0, 0.1) is 13.8 Å². The Balaban J connectivity index is 2.01. The van der Waals surface area contributed by atoms with Crippen LogP contribution in [0.4, 0.5) is 0 Å². The van der Waals surface area contributed by atoms with Crippen LogP contribution in [-0.2, 0) is 5.41 Å². The molecule has 0 amide bonds. The Hall–Kier alpha value is -2.79. The highest BCUT2D eigenvalue weighted by atomic mass is 28.4. The minimum atomic E-state index is -1.92. The number of aromatic carboxylic acids is 1. The highest BCUT2D eigenvalue weighted by Gasteiger charge is 2.39. The molecule has 1 aromatic heterocycles. The van der Waals surface area contributed by atoms with Gasteiger partial charge in [0.15, 0.2) is 0 Å². The van der Waals surface area contributed by atoms with Gasteiger partial charge in [-0.1, -0.05) is 65.0 Å². The molecule has 3 rings (SSSR count). The van der Waals surface area contributed by atoms with Gasteiger partial charge in [0.25, 0.3) is 0 Å². The van der Waals surface area contributed by atoms with Gasteiger partial charge in [-0.15, -0.1) is 0 Å². The van der Waals surface area contributed by atoms with E-state index >= 15 is 0 Å². The van der Waals surface area contributed by atoms with Gasteiger partial charge in [-0.3, -0.25) is 0 Å². The zero-order chi connectivity index (χ0) is 26.2. The minimum absolute atomic E-state index is 0.0459. The zero-order valence-corrected chi connectivity index (χ0v) is 23.7. The van der Waals surface area contributed by atoms with E-state index in [1.807, 2.05) is 0 Å². The topological polar surface area (TPSA) is 59.7 Å². The van der Waals surface area contributed by atoms with Crippen molar-refractivity contribution >= 4 is 14.3 Å². The first-order chi connectivity index (χ1) is 16.3. The van der Waals surface area contributed by atoms with E-state index in [-0.39, 0.29) is 16.2 Å². The number of rotatable bonds is 8. The predicted octanol–water partition coefficient (Wildman–Crippen LogP) is 8.75. The molecule has 0 spiro atoms. The molecule has 0 radical (unpaired) electrons. The number of benzene rings is 2. The second kappa shape index (κ2) is 9.69. The van der Waals surface area contributed by atoms with E-state index in [4.69, 9.17) is 8.84 Å². The average molecular weight is 493 g/mol. The van der Waals surface area contributed by atoms with Gasteiger partial charge in [0, 0.05) is 11.0 Å². The maximum absolute atomic E-state index is 11.2. The predicted molar refractivity (Wildman–Crippen MR) is 146 cm³/mol. The van der Waals surface area contributed by atoms with E-state index in [1.165, 1.54) is 22.8 Å². The highest BCUT2D eigenvalue weighted by molar-refractivity contribution is 6.74. The fraction of sp³-hybridized carbons (Fsp3) is 0.433. The monoisotopic (exact) mass is 492 g/mol. The fourth-order valence-corrected chi connectivity index (χ4v) is 5.64. The molecule has 4 nitrogen and oxygen atoms in total. The molecule has 1 N–H and O–H groups in total. The Morgan fingerprint density at radius 1 is 0.914 bits per heavy atom. The molecule has 188 valence electrons. The van der Waals surface area contributed by atoms with E-state index < -0.39 is 14.3 Å². The Kier molecular flexibility index (Phi) is 7.42. The Morgan fingerprint density at radius 2 is 1.49 bits per heavy atom. The van der Waals surface area contributed by atoms with Gasteiger partial charge in [-0.25, -0.2) is 4.79 Å². The molecule has 0 aliphatic rings. The Bertz CT molecular complexity index is 1210. The van der Waals surface area contributed by atoms with Crippen LogP contribution in [0.1, 0.15) is 80.3 Å². The average Bonchev–Trinajstić information content (AvgIpc) is 3.26. The molecule has 0 atom stereocenters. The number of hydrogen-bond acceptors (Lipinski definition) is 3. The van der Waals surface area contributed by atoms with Crippen molar-refractivity contribution < 1.29 is 18.7 Å². The van der Waals surface area contributed by atoms with Crippen molar-refractivity contribution in [1.29, 1.82) is 0 Å². The van der Waals surface area contributed by atoms with Crippen LogP contribution >= 0.6 is 0 Å². The molecule has 2 aromatic carbocycles. The minimum Gasteiger partial charge on any atom is -0.543 e. The molecule has 3 aromatic rings. The van der Waals surface area contributed by atoms with Crippen molar-refractivity contribution in [3.05, 3.63) is 76.5 Å². The van der Waals surface area contributed by atoms with Gasteiger partial charge in [0.2, 0.25) is 14.1 Å². The molecule has 0 bridgehead atoms. The van der Waals surface area contributed by atoms with Gasteiger partial charge in [-0.2, -0.15) is 0 Å². The van der Waals surface area contributed by atoms with Gasteiger partial charge in [0.05, 0.1) is 0 Å². The van der Waals surface area contributed by atoms with Gasteiger partial charge < -0.3 is 13.9 Å². The molecule has 0 unspecified atom stereocenters. The van der Waals surface area contributed by atoms with Crippen molar-refractivity contribution in [1.82, 2.24) is 0 Å². The summed E-state index contributed by atoms with van der Waals surface area (Å²) in [6, 6.07) is 16.3. The largest absolute Gasteiger partial charge is 0.543 e. The third-order valence-corrected chi connectivity index (χ3v) is 12.3. The normalized spacial score (nSPS) is 12.6. The van der Waals surface area contributed by atoms with Crippen molar-refractivity contribution in [2.45, 2.75) is 84.9 Å². The van der Waals surface area contributed by atoms with Crippen LogP contribution in [-0.4, -0.2) is 19.4 Å². The smallest absolute Gasteiger partial charge is 0.371 e. The summed E-state index contributed by atoms with van der Waals surface area (Å²) in [5, 5.41) is 9.34. The van der Waals surface area contributed by atoms with Crippen LogP contribution in [0.15, 0.2) is 52.9 Å². The van der Waals surface area contributed by atoms with Gasteiger partial charge in [-0.05, 0) is 85.3 Å². The van der Waals surface area contributed by atoms with Crippen LogP contribution in [0.5, 0.6) is 5.75 Å². The van der Waals surface area contributed by atoms with E-state index in [0.29, 0.717) is 5.76 Å². The van der Waals surface area contributed by atoms with Crippen molar-refractivity contribution in [3.8, 4) is 17.1 Å². The molecule has 1 heterocycles. The second-order valence-corrected chi connectivity index (χ2v) is 15.9. The lowest BCUT2D eigenvalue weighted by Crippen LogP contribution is -2.44. The maximum Gasteiger partial charge on any atom is 0.371 e. The quantitative estimate of drug-likeness (QED) is 0.319. The van der Waals surface area contributed by atoms with E-state index in [2.05, 4.69) is 98.0 Å². The SMILES string of the molecule is CCC(CC)(c1ccc(O[Si](C)(C)C(C)(C)C)c(C)c1)c1ccc(-c2ccc(C(=O)O)o2)c(C)c1. The molecule has 5 heteroatoms. The third-order valence-electron chi connectivity index (χ3n) is 7.97. The van der Waals surface area contributed by atoms with Crippen LogP contribution in [0.25, 0.3) is 11.3 Å². The molecular formula is C30H40O4Si. The van der Waals surface area contributed by atoms with E-state index in [9.17, 15) is 9.90 Å². The van der Waals surface area contributed by atoms with Crippen LogP contribution < -0.4 is 4.43 Å². The first-order valence-electron chi connectivity index (χ1n) is 12.5. The standard InChI is InChI=1S/C30H40O4Si/c1-10-30(11-2,23-13-15-25(21(4)19-23)34-35(8,9)29(5,6)7)22-12-14-24(20(3)18-22)26-16-17-27(33-26)28(31)32/h12-19H,10-11H2,1-9H3,(H,31,32). The number of aryl methyl sites for hydroxylation is 2. The molecule has 0 saturated carbocycles. The second-order valence-electron chi connectivity index (χ2n) is 11.1. The van der Waals surface area contributed by atoms with Gasteiger partial charge >= 0.3 is 5.97 Å². The molecule has 35 heavy (non-hydrogen) atoms. The zero-order valence-electron chi connectivity index (χ0n) is 22.7. The fourth-order valence-electron chi connectivity index (χ4n) is 4.56. The molecular weight excluding hydrogens is 452 g/mol. The number of carbonyl (C=O) groups is 1. The summed E-state index contributed by atoms with van der Waals surface area (Å²) < 4.78 is 12.2. The Morgan fingerprint density at radius 3 is 1.94 bits per heavy atom. The summed E-state index contributed by atoms with van der Waals surface area (Å²) >= 11 is 0. The molecule has 0 fully saturated rings. The number of hydrogen-bond donors (Lipinski definition) is 1. The Labute approximate surface area is 211 Å².